The van der Waals surface area contributed by atoms with Crippen LogP contribution in [0.15, 0.2) is 24.3 Å². The summed E-state index contributed by atoms with van der Waals surface area (Å²) in [5, 5.41) is 0. The highest BCUT2D eigenvalue weighted by molar-refractivity contribution is 5.18. The molecule has 1 aliphatic carbocycles. The highest BCUT2D eigenvalue weighted by atomic mass is 14.2. The fourth-order valence-corrected chi connectivity index (χ4v) is 2.49. The normalized spacial score (nSPS) is 19.7. The van der Waals surface area contributed by atoms with E-state index in [9.17, 15) is 0 Å². The molecular formula is C15H26. The Balaban J connectivity index is 2.30. The number of allylic oxidation sites excluding steroid dienone is 4. The fraction of sp³-hybridized carbons (Fsp3) is 0.733. The molecule has 15 heavy (non-hydrogen) atoms. The average molecular weight is 206 g/mol. The lowest BCUT2D eigenvalue weighted by atomic mass is 9.83. The van der Waals surface area contributed by atoms with E-state index in [1.807, 2.05) is 0 Å². The molecule has 0 aliphatic heterocycles. The van der Waals surface area contributed by atoms with Gasteiger partial charge in [-0.3, -0.25) is 0 Å². The van der Waals surface area contributed by atoms with Crippen molar-refractivity contribution in [2.45, 2.75) is 52.9 Å². The fourth-order valence-electron chi connectivity index (χ4n) is 2.49. The van der Waals surface area contributed by atoms with E-state index in [0.717, 1.165) is 11.8 Å². The maximum Gasteiger partial charge on any atom is -0.00215 e. The van der Waals surface area contributed by atoms with Crippen LogP contribution < -0.4 is 0 Å². The van der Waals surface area contributed by atoms with Crippen molar-refractivity contribution in [3.63, 3.8) is 0 Å². The first-order chi connectivity index (χ1) is 7.27. The highest BCUT2D eigenvalue weighted by Crippen LogP contribution is 2.29. The summed E-state index contributed by atoms with van der Waals surface area (Å²) in [6.07, 6.45) is 16.0. The molecule has 0 amide bonds. The van der Waals surface area contributed by atoms with Crippen molar-refractivity contribution < 1.29 is 0 Å². The molecule has 0 N–H and O–H groups in total. The standard InChI is InChI=1S/C15H26/c1-4-6-9-14(5-2)12-13(3)15-10-7-8-11-15/h7-8,10-11,13-15H,4-6,9,12H2,1-3H3. The molecule has 0 spiro atoms. The predicted molar refractivity (Wildman–Crippen MR) is 68.9 cm³/mol. The van der Waals surface area contributed by atoms with Gasteiger partial charge in [0.1, 0.15) is 0 Å². The Morgan fingerprint density at radius 1 is 1.13 bits per heavy atom. The molecule has 0 bridgehead atoms. The van der Waals surface area contributed by atoms with Crippen LogP contribution in [0, 0.1) is 17.8 Å². The molecule has 0 heteroatoms. The van der Waals surface area contributed by atoms with Crippen LogP contribution in [0.3, 0.4) is 0 Å². The molecule has 1 rings (SSSR count). The van der Waals surface area contributed by atoms with Crippen molar-refractivity contribution in [1.82, 2.24) is 0 Å². The Kier molecular flexibility index (Phi) is 5.75. The van der Waals surface area contributed by atoms with Gasteiger partial charge in [-0.25, -0.2) is 0 Å². The number of hydrogen-bond acceptors (Lipinski definition) is 0. The quantitative estimate of drug-likeness (QED) is 0.551. The van der Waals surface area contributed by atoms with E-state index in [1.165, 1.54) is 32.1 Å². The lowest BCUT2D eigenvalue weighted by Crippen LogP contribution is -2.11. The molecule has 0 nitrogen and oxygen atoms in total. The zero-order chi connectivity index (χ0) is 11.1. The summed E-state index contributed by atoms with van der Waals surface area (Å²) in [5.41, 5.74) is 0. The minimum absolute atomic E-state index is 0.709. The zero-order valence-electron chi connectivity index (χ0n) is 10.6. The molecule has 0 fully saturated rings. The van der Waals surface area contributed by atoms with E-state index in [4.69, 9.17) is 0 Å². The van der Waals surface area contributed by atoms with Gasteiger partial charge >= 0.3 is 0 Å². The molecule has 2 unspecified atom stereocenters. The van der Waals surface area contributed by atoms with E-state index in [2.05, 4.69) is 45.1 Å². The lowest BCUT2D eigenvalue weighted by molar-refractivity contribution is 0.327. The second-order valence-corrected chi connectivity index (χ2v) is 4.98. The van der Waals surface area contributed by atoms with Gasteiger partial charge in [0.05, 0.1) is 0 Å². The van der Waals surface area contributed by atoms with Crippen molar-refractivity contribution in [1.29, 1.82) is 0 Å². The monoisotopic (exact) mass is 206 g/mol. The molecule has 0 aromatic carbocycles. The predicted octanol–water partition coefficient (Wildman–Crippen LogP) is 4.97. The zero-order valence-corrected chi connectivity index (χ0v) is 10.6. The molecule has 0 aromatic heterocycles. The largest absolute Gasteiger partial charge is 0.0774 e. The van der Waals surface area contributed by atoms with Crippen LogP contribution in [0.5, 0.6) is 0 Å². The Morgan fingerprint density at radius 2 is 1.80 bits per heavy atom. The molecule has 0 radical (unpaired) electrons. The second kappa shape index (κ2) is 6.87. The van der Waals surface area contributed by atoms with Crippen molar-refractivity contribution >= 4 is 0 Å². The minimum Gasteiger partial charge on any atom is -0.0774 e. The third-order valence-corrected chi connectivity index (χ3v) is 3.68. The molecule has 2 atom stereocenters. The van der Waals surface area contributed by atoms with Gasteiger partial charge in [-0.15, -0.1) is 0 Å². The Labute approximate surface area is 95.5 Å². The lowest BCUT2D eigenvalue weighted by Gasteiger charge is -2.22. The van der Waals surface area contributed by atoms with Gasteiger partial charge in [0, 0.05) is 0 Å². The van der Waals surface area contributed by atoms with Crippen LogP contribution in [0.2, 0.25) is 0 Å². The van der Waals surface area contributed by atoms with Crippen molar-refractivity contribution in [2.75, 3.05) is 0 Å². The maximum atomic E-state index is 2.40. The van der Waals surface area contributed by atoms with Gasteiger partial charge < -0.3 is 0 Å². The Bertz CT molecular complexity index is 200. The summed E-state index contributed by atoms with van der Waals surface area (Å²) in [5.74, 6) is 2.48. The molecule has 0 aromatic rings. The molecule has 0 heterocycles. The van der Waals surface area contributed by atoms with Gasteiger partial charge in [0.2, 0.25) is 0 Å². The average Bonchev–Trinajstić information content (AvgIpc) is 2.77. The van der Waals surface area contributed by atoms with E-state index in [1.54, 1.807) is 0 Å². The molecular weight excluding hydrogens is 180 g/mol. The summed E-state index contributed by atoms with van der Waals surface area (Å²) >= 11 is 0. The highest BCUT2D eigenvalue weighted by Gasteiger charge is 2.17. The van der Waals surface area contributed by atoms with Gasteiger partial charge in [-0.05, 0) is 24.2 Å². The van der Waals surface area contributed by atoms with Gasteiger partial charge in [0.15, 0.2) is 0 Å². The van der Waals surface area contributed by atoms with E-state index in [-0.39, 0.29) is 0 Å². The maximum absolute atomic E-state index is 2.40. The topological polar surface area (TPSA) is 0 Å². The van der Waals surface area contributed by atoms with E-state index in [0.29, 0.717) is 5.92 Å². The number of hydrogen-bond donors (Lipinski definition) is 0. The Hall–Kier alpha value is -0.520. The summed E-state index contributed by atoms with van der Waals surface area (Å²) in [7, 11) is 0. The first kappa shape index (κ1) is 12.5. The Morgan fingerprint density at radius 3 is 2.33 bits per heavy atom. The van der Waals surface area contributed by atoms with Crippen LogP contribution in [0.25, 0.3) is 0 Å². The summed E-state index contributed by atoms with van der Waals surface area (Å²) in [6.45, 7) is 7.03. The first-order valence-electron chi connectivity index (χ1n) is 6.62. The van der Waals surface area contributed by atoms with Crippen molar-refractivity contribution in [2.24, 2.45) is 17.8 Å². The van der Waals surface area contributed by atoms with Crippen LogP contribution >= 0.6 is 0 Å². The van der Waals surface area contributed by atoms with Crippen molar-refractivity contribution in [3.8, 4) is 0 Å². The first-order valence-corrected chi connectivity index (χ1v) is 6.62. The van der Waals surface area contributed by atoms with E-state index < -0.39 is 0 Å². The molecule has 0 saturated carbocycles. The smallest absolute Gasteiger partial charge is 0.00215 e. The minimum atomic E-state index is 0.709. The third kappa shape index (κ3) is 4.24. The van der Waals surface area contributed by atoms with Crippen LogP contribution in [0.1, 0.15) is 52.9 Å². The number of rotatable bonds is 7. The summed E-state index contributed by atoms with van der Waals surface area (Å²) < 4.78 is 0. The summed E-state index contributed by atoms with van der Waals surface area (Å²) in [4.78, 5) is 0. The van der Waals surface area contributed by atoms with Gasteiger partial charge in [-0.1, -0.05) is 70.8 Å². The van der Waals surface area contributed by atoms with Gasteiger partial charge in [-0.2, -0.15) is 0 Å². The second-order valence-electron chi connectivity index (χ2n) is 4.98. The molecule has 1 aliphatic rings. The SMILES string of the molecule is CCCCC(CC)CC(C)C1C=CC=C1. The van der Waals surface area contributed by atoms with Crippen LogP contribution in [0.4, 0.5) is 0 Å². The molecule has 0 saturated heterocycles. The summed E-state index contributed by atoms with van der Waals surface area (Å²) in [6, 6.07) is 0. The molecule has 86 valence electrons. The number of unbranched alkanes of at least 4 members (excludes halogenated alkanes) is 1. The van der Waals surface area contributed by atoms with Gasteiger partial charge in [0.25, 0.3) is 0 Å². The van der Waals surface area contributed by atoms with Crippen LogP contribution in [-0.4, -0.2) is 0 Å². The third-order valence-electron chi connectivity index (χ3n) is 3.68. The van der Waals surface area contributed by atoms with Crippen molar-refractivity contribution in [3.05, 3.63) is 24.3 Å². The van der Waals surface area contributed by atoms with Crippen LogP contribution in [-0.2, 0) is 0 Å². The van der Waals surface area contributed by atoms with E-state index >= 15 is 0 Å².